The highest BCUT2D eigenvalue weighted by Crippen LogP contribution is 2.19. The fraction of sp³-hybridized carbons (Fsp3) is 0.286. The van der Waals surface area contributed by atoms with Crippen molar-refractivity contribution in [3.63, 3.8) is 0 Å². The maximum atomic E-state index is 13.2. The summed E-state index contributed by atoms with van der Waals surface area (Å²) in [7, 11) is 1.71. The summed E-state index contributed by atoms with van der Waals surface area (Å²) < 4.78 is 18.5. The van der Waals surface area contributed by atoms with Crippen molar-refractivity contribution in [2.75, 3.05) is 20.1 Å². The highest BCUT2D eigenvalue weighted by Gasteiger charge is 2.09. The van der Waals surface area contributed by atoms with Gasteiger partial charge >= 0.3 is 0 Å². The Bertz CT molecular complexity index is 995. The lowest BCUT2D eigenvalue weighted by Crippen LogP contribution is -2.39. The van der Waals surface area contributed by atoms with Gasteiger partial charge in [0.2, 0.25) is 11.7 Å². The van der Waals surface area contributed by atoms with E-state index in [-0.39, 0.29) is 29.8 Å². The number of nitrogens with zero attached hydrogens (tertiary/aromatic N) is 3. The van der Waals surface area contributed by atoms with Crippen LogP contribution < -0.4 is 10.6 Å². The Kier molecular flexibility index (Phi) is 9.51. The monoisotopic (exact) mass is 543 g/mol. The number of hydrogen-bond donors (Lipinski definition) is 2. The van der Waals surface area contributed by atoms with E-state index in [1.165, 1.54) is 6.07 Å². The fourth-order valence-electron chi connectivity index (χ4n) is 2.87. The average Bonchev–Trinajstić information content (AvgIpc) is 3.17. The third-order valence-corrected chi connectivity index (χ3v) is 4.63. The van der Waals surface area contributed by atoms with E-state index in [1.807, 2.05) is 25.1 Å². The molecule has 0 saturated carbocycles. The van der Waals surface area contributed by atoms with Crippen LogP contribution >= 0.6 is 35.6 Å². The summed E-state index contributed by atoms with van der Waals surface area (Å²) in [5.41, 5.74) is 2.87. The van der Waals surface area contributed by atoms with Gasteiger partial charge < -0.3 is 15.2 Å². The predicted octanol–water partition coefficient (Wildman–Crippen LogP) is 4.41. The number of rotatable bonds is 7. The van der Waals surface area contributed by atoms with E-state index in [0.29, 0.717) is 42.2 Å². The van der Waals surface area contributed by atoms with Crippen LogP contribution in [0.2, 0.25) is 5.02 Å². The molecule has 9 heteroatoms. The quantitative estimate of drug-likeness (QED) is 0.262. The minimum Gasteiger partial charge on any atom is -0.356 e. The molecule has 1 aromatic heterocycles. The second-order valence-corrected chi connectivity index (χ2v) is 6.96. The van der Waals surface area contributed by atoms with E-state index >= 15 is 0 Å². The summed E-state index contributed by atoms with van der Waals surface area (Å²) in [6.07, 6.45) is 1.34. The van der Waals surface area contributed by atoms with Gasteiger partial charge in [0.1, 0.15) is 5.82 Å². The van der Waals surface area contributed by atoms with E-state index in [2.05, 4.69) is 25.8 Å². The van der Waals surface area contributed by atoms with Crippen molar-refractivity contribution in [2.24, 2.45) is 4.99 Å². The number of aliphatic imine (C=N–C) groups is 1. The average molecular weight is 544 g/mol. The number of aromatic nitrogens is 2. The topological polar surface area (TPSA) is 75.3 Å². The number of nitrogens with one attached hydrogen (secondary N) is 2. The van der Waals surface area contributed by atoms with Crippen LogP contribution in [0, 0.1) is 12.7 Å². The van der Waals surface area contributed by atoms with Crippen LogP contribution in [0.15, 0.2) is 52.0 Å². The van der Waals surface area contributed by atoms with Crippen molar-refractivity contribution in [3.05, 3.63) is 70.3 Å². The molecule has 0 aliphatic rings. The summed E-state index contributed by atoms with van der Waals surface area (Å²) >= 11 is 6.00. The molecule has 0 atom stereocenters. The molecule has 0 aliphatic heterocycles. The molecule has 2 N–H and O–H groups in total. The number of halogens is 3. The summed E-state index contributed by atoms with van der Waals surface area (Å²) in [4.78, 5) is 8.60. The lowest BCUT2D eigenvalue weighted by atomic mass is 10.1. The first-order chi connectivity index (χ1) is 14.0. The SMILES string of the molecule is CN=C(NCCc1nc(-c2cccc(Cl)c2)no1)NCCc1ccc(F)cc1C.I. The van der Waals surface area contributed by atoms with Crippen LogP contribution in [0.3, 0.4) is 0 Å². The van der Waals surface area contributed by atoms with Crippen LogP contribution in [0.5, 0.6) is 0 Å². The molecule has 1 heterocycles. The van der Waals surface area contributed by atoms with Gasteiger partial charge in [0.25, 0.3) is 0 Å². The molecule has 160 valence electrons. The molecule has 0 bridgehead atoms. The first-order valence-corrected chi connectivity index (χ1v) is 9.71. The van der Waals surface area contributed by atoms with Crippen molar-refractivity contribution in [1.82, 2.24) is 20.8 Å². The van der Waals surface area contributed by atoms with Crippen LogP contribution in [-0.4, -0.2) is 36.2 Å². The maximum absolute atomic E-state index is 13.2. The smallest absolute Gasteiger partial charge is 0.228 e. The van der Waals surface area contributed by atoms with Crippen molar-refractivity contribution < 1.29 is 8.91 Å². The molecule has 0 radical (unpaired) electrons. The Hall–Kier alpha value is -2.20. The van der Waals surface area contributed by atoms with Gasteiger partial charge in [-0.2, -0.15) is 4.98 Å². The van der Waals surface area contributed by atoms with Gasteiger partial charge in [-0.05, 0) is 48.7 Å². The normalized spacial score (nSPS) is 11.1. The standard InChI is InChI=1S/C21H23ClFN5O.HI/c1-14-12-18(23)7-6-15(14)8-10-25-21(24-2)26-11-9-19-27-20(28-29-19)16-4-3-5-17(22)13-16;/h3-7,12-13H,8-11H2,1-2H3,(H2,24,25,26);1H. The van der Waals surface area contributed by atoms with Gasteiger partial charge in [0, 0.05) is 37.1 Å². The van der Waals surface area contributed by atoms with Crippen LogP contribution in [-0.2, 0) is 12.8 Å². The molecule has 0 spiro atoms. The van der Waals surface area contributed by atoms with E-state index in [9.17, 15) is 4.39 Å². The lowest BCUT2D eigenvalue weighted by Gasteiger charge is -2.12. The third-order valence-electron chi connectivity index (χ3n) is 4.40. The Morgan fingerprint density at radius 3 is 2.60 bits per heavy atom. The zero-order valence-corrected chi connectivity index (χ0v) is 19.9. The second kappa shape index (κ2) is 11.8. The molecule has 0 saturated heterocycles. The summed E-state index contributed by atoms with van der Waals surface area (Å²) in [6.45, 7) is 3.19. The van der Waals surface area contributed by atoms with Crippen molar-refractivity contribution in [3.8, 4) is 11.4 Å². The van der Waals surface area contributed by atoms with Crippen LogP contribution in [0.4, 0.5) is 4.39 Å². The zero-order valence-electron chi connectivity index (χ0n) is 16.8. The molecule has 0 aliphatic carbocycles. The summed E-state index contributed by atoms with van der Waals surface area (Å²) in [6, 6.07) is 12.2. The maximum Gasteiger partial charge on any atom is 0.228 e. The van der Waals surface area contributed by atoms with Gasteiger partial charge in [-0.1, -0.05) is 35.0 Å². The largest absolute Gasteiger partial charge is 0.356 e. The highest BCUT2D eigenvalue weighted by molar-refractivity contribution is 14.0. The molecule has 3 rings (SSSR count). The van der Waals surface area contributed by atoms with E-state index in [1.54, 1.807) is 25.2 Å². The fourth-order valence-corrected chi connectivity index (χ4v) is 3.06. The predicted molar refractivity (Wildman–Crippen MR) is 128 cm³/mol. The van der Waals surface area contributed by atoms with Crippen LogP contribution in [0.1, 0.15) is 17.0 Å². The minimum atomic E-state index is -0.212. The van der Waals surface area contributed by atoms with Crippen molar-refractivity contribution in [1.29, 1.82) is 0 Å². The highest BCUT2D eigenvalue weighted by atomic mass is 127. The second-order valence-electron chi connectivity index (χ2n) is 6.52. The Balaban J connectivity index is 0.00000320. The van der Waals surface area contributed by atoms with Crippen molar-refractivity contribution >= 4 is 41.5 Å². The number of benzene rings is 2. The molecule has 2 aromatic carbocycles. The molecule has 0 unspecified atom stereocenters. The molecule has 0 fully saturated rings. The minimum absolute atomic E-state index is 0. The van der Waals surface area contributed by atoms with Gasteiger partial charge in [-0.15, -0.1) is 24.0 Å². The Morgan fingerprint density at radius 1 is 1.13 bits per heavy atom. The zero-order chi connectivity index (χ0) is 20.6. The van der Waals surface area contributed by atoms with Crippen LogP contribution in [0.25, 0.3) is 11.4 Å². The number of guanidine groups is 1. The molecule has 0 amide bonds. The van der Waals surface area contributed by atoms with E-state index in [4.69, 9.17) is 16.1 Å². The number of hydrogen-bond acceptors (Lipinski definition) is 4. The number of aryl methyl sites for hydroxylation is 1. The molecular formula is C21H24ClFIN5O. The van der Waals surface area contributed by atoms with Gasteiger partial charge in [-0.3, -0.25) is 4.99 Å². The Labute approximate surface area is 197 Å². The molecule has 30 heavy (non-hydrogen) atoms. The summed E-state index contributed by atoms with van der Waals surface area (Å²) in [5, 5.41) is 11.1. The van der Waals surface area contributed by atoms with Gasteiger partial charge in [0.05, 0.1) is 0 Å². The molecule has 3 aromatic rings. The summed E-state index contributed by atoms with van der Waals surface area (Å²) in [5.74, 6) is 1.51. The van der Waals surface area contributed by atoms with Gasteiger partial charge in [-0.25, -0.2) is 4.39 Å². The first kappa shape index (κ1) is 24.1. The van der Waals surface area contributed by atoms with Gasteiger partial charge in [0.15, 0.2) is 5.96 Å². The molecular weight excluding hydrogens is 520 g/mol. The van der Waals surface area contributed by atoms with Crippen molar-refractivity contribution in [2.45, 2.75) is 19.8 Å². The van der Waals surface area contributed by atoms with E-state index < -0.39 is 0 Å². The Morgan fingerprint density at radius 2 is 1.90 bits per heavy atom. The lowest BCUT2D eigenvalue weighted by molar-refractivity contribution is 0.378. The first-order valence-electron chi connectivity index (χ1n) is 9.33. The third kappa shape index (κ3) is 6.94. The van der Waals surface area contributed by atoms with E-state index in [0.717, 1.165) is 23.1 Å². The molecule has 6 nitrogen and oxygen atoms in total.